The molecule has 1 saturated heterocycles. The third kappa shape index (κ3) is 3.40. The van der Waals surface area contributed by atoms with Crippen molar-refractivity contribution in [1.82, 2.24) is 4.31 Å². The lowest BCUT2D eigenvalue weighted by molar-refractivity contribution is 0.288. The largest absolute Gasteiger partial charge is 0.496 e. The maximum absolute atomic E-state index is 12.8. The van der Waals surface area contributed by atoms with Gasteiger partial charge in [-0.25, -0.2) is 8.42 Å². The number of nitrogens with zero attached hydrogens (tertiary/aromatic N) is 1. The van der Waals surface area contributed by atoms with Crippen LogP contribution in [-0.2, 0) is 10.0 Å². The van der Waals surface area contributed by atoms with Crippen LogP contribution in [-0.4, -0.2) is 32.9 Å². The van der Waals surface area contributed by atoms with Crippen LogP contribution in [0.2, 0.25) is 0 Å². The highest BCUT2D eigenvalue weighted by atomic mass is 32.2. The number of methoxy groups -OCH3 is 1. The molecule has 1 aliphatic rings. The van der Waals surface area contributed by atoms with Crippen molar-refractivity contribution >= 4 is 10.0 Å². The van der Waals surface area contributed by atoms with E-state index in [1.165, 1.54) is 0 Å². The van der Waals surface area contributed by atoms with E-state index in [1.54, 1.807) is 29.6 Å². The summed E-state index contributed by atoms with van der Waals surface area (Å²) in [6, 6.07) is 5.17. The number of ether oxygens (including phenoxy) is 1. The van der Waals surface area contributed by atoms with E-state index in [0.29, 0.717) is 23.9 Å². The molecule has 118 valence electrons. The van der Waals surface area contributed by atoms with Crippen LogP contribution in [0, 0.1) is 5.92 Å². The Balaban J connectivity index is 2.34. The zero-order valence-electron chi connectivity index (χ0n) is 13.3. The Labute approximate surface area is 128 Å². The molecule has 0 saturated carbocycles. The van der Waals surface area contributed by atoms with Gasteiger partial charge >= 0.3 is 0 Å². The highest BCUT2D eigenvalue weighted by molar-refractivity contribution is 7.89. The van der Waals surface area contributed by atoms with Gasteiger partial charge in [0.15, 0.2) is 0 Å². The zero-order chi connectivity index (χ0) is 15.6. The normalized spacial score (nSPS) is 18.1. The number of hydrogen-bond acceptors (Lipinski definition) is 3. The molecule has 4 nitrogen and oxygen atoms in total. The predicted octanol–water partition coefficient (Wildman–Crippen LogP) is 3.24. The van der Waals surface area contributed by atoms with E-state index < -0.39 is 10.0 Å². The summed E-state index contributed by atoms with van der Waals surface area (Å²) in [5, 5.41) is 0. The molecular weight excluding hydrogens is 286 g/mol. The Bertz CT molecular complexity index is 588. The quantitative estimate of drug-likeness (QED) is 0.857. The fourth-order valence-corrected chi connectivity index (χ4v) is 4.20. The molecule has 0 radical (unpaired) electrons. The Morgan fingerprint density at radius 1 is 1.24 bits per heavy atom. The topological polar surface area (TPSA) is 46.6 Å². The summed E-state index contributed by atoms with van der Waals surface area (Å²) in [5.74, 6) is 1.58. The molecule has 0 bridgehead atoms. The average Bonchev–Trinajstić information content (AvgIpc) is 2.46. The molecule has 2 rings (SSSR count). The van der Waals surface area contributed by atoms with E-state index in [1.807, 2.05) is 13.8 Å². The molecule has 1 aliphatic heterocycles. The smallest absolute Gasteiger partial charge is 0.243 e. The molecule has 0 aromatic heterocycles. The minimum atomic E-state index is -3.39. The standard InChI is InChI=1S/C16H25NO3S/c1-12(2)15-11-14(5-6-16(15)20-4)21(18,19)17-9-7-13(3)8-10-17/h5-6,11-13H,7-10H2,1-4H3. The van der Waals surface area contributed by atoms with Crippen LogP contribution in [0.25, 0.3) is 0 Å². The second-order valence-corrected chi connectivity index (χ2v) is 8.08. The van der Waals surface area contributed by atoms with Crippen LogP contribution in [0.5, 0.6) is 5.75 Å². The van der Waals surface area contributed by atoms with Crippen molar-refractivity contribution in [3.05, 3.63) is 23.8 Å². The van der Waals surface area contributed by atoms with Crippen molar-refractivity contribution < 1.29 is 13.2 Å². The summed E-state index contributed by atoms with van der Waals surface area (Å²) in [7, 11) is -1.78. The minimum Gasteiger partial charge on any atom is -0.496 e. The average molecular weight is 311 g/mol. The third-order valence-corrected chi connectivity index (χ3v) is 6.10. The fraction of sp³-hybridized carbons (Fsp3) is 0.625. The van der Waals surface area contributed by atoms with Crippen molar-refractivity contribution in [3.63, 3.8) is 0 Å². The minimum absolute atomic E-state index is 0.219. The second-order valence-electron chi connectivity index (χ2n) is 6.15. The first-order valence-electron chi connectivity index (χ1n) is 7.54. The zero-order valence-corrected chi connectivity index (χ0v) is 14.1. The predicted molar refractivity (Wildman–Crippen MR) is 84.2 cm³/mol. The van der Waals surface area contributed by atoms with Gasteiger partial charge in [-0.05, 0) is 48.4 Å². The number of piperidine rings is 1. The van der Waals surface area contributed by atoms with Gasteiger partial charge in [-0.2, -0.15) is 4.31 Å². The summed E-state index contributed by atoms with van der Waals surface area (Å²) >= 11 is 0. The maximum Gasteiger partial charge on any atom is 0.243 e. The lowest BCUT2D eigenvalue weighted by Gasteiger charge is -2.29. The molecule has 1 aromatic rings. The first-order chi connectivity index (χ1) is 9.86. The molecule has 21 heavy (non-hydrogen) atoms. The van der Waals surface area contributed by atoms with E-state index in [9.17, 15) is 8.42 Å². The van der Waals surface area contributed by atoms with Crippen LogP contribution in [0.1, 0.15) is 45.1 Å². The van der Waals surface area contributed by atoms with Gasteiger partial charge in [0.2, 0.25) is 10.0 Å². The molecule has 0 N–H and O–H groups in total. The summed E-state index contributed by atoms with van der Waals surface area (Å²) in [5.41, 5.74) is 0.934. The summed E-state index contributed by atoms with van der Waals surface area (Å²) in [6.45, 7) is 7.49. The molecule has 0 amide bonds. The number of sulfonamides is 1. The lowest BCUT2D eigenvalue weighted by atomic mass is 10.0. The van der Waals surface area contributed by atoms with E-state index in [2.05, 4.69) is 6.92 Å². The molecule has 5 heteroatoms. The summed E-state index contributed by atoms with van der Waals surface area (Å²) in [6.07, 6.45) is 1.87. The first-order valence-corrected chi connectivity index (χ1v) is 8.98. The lowest BCUT2D eigenvalue weighted by Crippen LogP contribution is -2.37. The molecule has 1 heterocycles. The van der Waals surface area contributed by atoms with Crippen LogP contribution in [0.4, 0.5) is 0 Å². The van der Waals surface area contributed by atoms with Gasteiger partial charge in [0, 0.05) is 13.1 Å². The summed E-state index contributed by atoms with van der Waals surface area (Å²) < 4.78 is 32.4. The van der Waals surface area contributed by atoms with E-state index >= 15 is 0 Å². The van der Waals surface area contributed by atoms with Crippen LogP contribution in [0.3, 0.4) is 0 Å². The van der Waals surface area contributed by atoms with E-state index in [-0.39, 0.29) is 5.92 Å². The Kier molecular flexibility index (Phi) is 4.94. The van der Waals surface area contributed by atoms with Crippen molar-refractivity contribution in [2.45, 2.75) is 44.4 Å². The molecule has 0 atom stereocenters. The molecular formula is C16H25NO3S. The molecule has 0 unspecified atom stereocenters. The van der Waals surface area contributed by atoms with Gasteiger partial charge in [0.25, 0.3) is 0 Å². The Morgan fingerprint density at radius 2 is 1.86 bits per heavy atom. The number of hydrogen-bond donors (Lipinski definition) is 0. The molecule has 0 spiro atoms. The number of rotatable bonds is 4. The van der Waals surface area contributed by atoms with Gasteiger partial charge in [-0.1, -0.05) is 20.8 Å². The molecule has 0 aliphatic carbocycles. The monoisotopic (exact) mass is 311 g/mol. The van der Waals surface area contributed by atoms with Crippen LogP contribution in [0.15, 0.2) is 23.1 Å². The Morgan fingerprint density at radius 3 is 2.38 bits per heavy atom. The number of benzene rings is 1. The SMILES string of the molecule is COc1ccc(S(=O)(=O)N2CCC(C)CC2)cc1C(C)C. The third-order valence-electron chi connectivity index (χ3n) is 4.20. The van der Waals surface area contributed by atoms with Crippen molar-refractivity contribution in [2.24, 2.45) is 5.92 Å². The van der Waals surface area contributed by atoms with E-state index in [4.69, 9.17) is 4.74 Å². The van der Waals surface area contributed by atoms with Gasteiger partial charge in [0.05, 0.1) is 12.0 Å². The van der Waals surface area contributed by atoms with Gasteiger partial charge < -0.3 is 4.74 Å². The highest BCUT2D eigenvalue weighted by Crippen LogP contribution is 2.31. The van der Waals surface area contributed by atoms with Gasteiger partial charge in [-0.3, -0.25) is 0 Å². The maximum atomic E-state index is 12.8. The summed E-state index contributed by atoms with van der Waals surface area (Å²) in [4.78, 5) is 0.376. The Hall–Kier alpha value is -1.07. The van der Waals surface area contributed by atoms with Crippen molar-refractivity contribution in [2.75, 3.05) is 20.2 Å². The van der Waals surface area contributed by atoms with Gasteiger partial charge in [-0.15, -0.1) is 0 Å². The molecule has 1 aromatic carbocycles. The molecule has 1 fully saturated rings. The van der Waals surface area contributed by atoms with Crippen LogP contribution < -0.4 is 4.74 Å². The van der Waals surface area contributed by atoms with Crippen molar-refractivity contribution in [3.8, 4) is 5.75 Å². The van der Waals surface area contributed by atoms with Crippen LogP contribution >= 0.6 is 0 Å². The fourth-order valence-electron chi connectivity index (χ4n) is 2.70. The van der Waals surface area contributed by atoms with Gasteiger partial charge in [0.1, 0.15) is 5.75 Å². The van der Waals surface area contributed by atoms with Crippen molar-refractivity contribution in [1.29, 1.82) is 0 Å². The van der Waals surface area contributed by atoms with E-state index in [0.717, 1.165) is 24.2 Å². The second kappa shape index (κ2) is 6.36. The first kappa shape index (κ1) is 16.3. The highest BCUT2D eigenvalue weighted by Gasteiger charge is 2.28.